The molecule has 0 fully saturated rings. The van der Waals surface area contributed by atoms with Crippen LogP contribution in [0, 0.1) is 0 Å². The molecule has 0 bridgehead atoms. The summed E-state index contributed by atoms with van der Waals surface area (Å²) in [5.41, 5.74) is 2.44. The zero-order valence-electron chi connectivity index (χ0n) is 15.1. The molecule has 134 valence electrons. The van der Waals surface area contributed by atoms with Gasteiger partial charge in [-0.05, 0) is 69.2 Å². The van der Waals surface area contributed by atoms with Crippen LogP contribution >= 0.6 is 15.9 Å². The zero-order chi connectivity index (χ0) is 18.4. The molecule has 2 aromatic rings. The Kier molecular flexibility index (Phi) is 6.48. The first-order chi connectivity index (χ1) is 11.8. The molecule has 2 aromatic carbocycles. The number of hydrogen-bond donors (Lipinski definition) is 2. The molecule has 25 heavy (non-hydrogen) atoms. The van der Waals surface area contributed by atoms with Gasteiger partial charge in [0.15, 0.2) is 0 Å². The van der Waals surface area contributed by atoms with Gasteiger partial charge in [-0.25, -0.2) is 4.79 Å². The lowest BCUT2D eigenvalue weighted by atomic mass is 10.0. The second kappa shape index (κ2) is 8.39. The normalized spacial score (nSPS) is 12.4. The summed E-state index contributed by atoms with van der Waals surface area (Å²) < 4.78 is 6.32. The quantitative estimate of drug-likeness (QED) is 0.609. The standard InChI is InChI=1S/C20H25BrN2O2/c1-5-18(14-6-8-15(21)9-7-14)22-16-10-12-17(13-11-16)23-19(24)25-20(2,3)4/h6-13,18,22H,5H2,1-4H3,(H,23,24). The maximum absolute atomic E-state index is 11.8. The summed E-state index contributed by atoms with van der Waals surface area (Å²) in [6.07, 6.45) is 0.522. The van der Waals surface area contributed by atoms with Gasteiger partial charge in [-0.3, -0.25) is 5.32 Å². The molecule has 2 rings (SSSR count). The van der Waals surface area contributed by atoms with Crippen LogP contribution in [0.4, 0.5) is 16.2 Å². The summed E-state index contributed by atoms with van der Waals surface area (Å²) in [5.74, 6) is 0. The molecule has 0 aliphatic rings. The van der Waals surface area contributed by atoms with E-state index in [0.717, 1.165) is 16.6 Å². The van der Waals surface area contributed by atoms with Crippen molar-refractivity contribution in [2.75, 3.05) is 10.6 Å². The van der Waals surface area contributed by atoms with Crippen molar-refractivity contribution in [1.82, 2.24) is 0 Å². The molecule has 0 aromatic heterocycles. The van der Waals surface area contributed by atoms with Crippen LogP contribution in [0.15, 0.2) is 53.0 Å². The third-order valence-corrected chi connectivity index (χ3v) is 4.08. The number of rotatable bonds is 5. The Labute approximate surface area is 158 Å². The van der Waals surface area contributed by atoms with E-state index in [1.165, 1.54) is 5.56 Å². The predicted octanol–water partition coefficient (Wildman–Crippen LogP) is 6.36. The summed E-state index contributed by atoms with van der Waals surface area (Å²) in [6.45, 7) is 7.67. The predicted molar refractivity (Wildman–Crippen MR) is 107 cm³/mol. The van der Waals surface area contributed by atoms with Gasteiger partial charge in [0, 0.05) is 15.8 Å². The number of anilines is 2. The van der Waals surface area contributed by atoms with Gasteiger partial charge in [0.05, 0.1) is 6.04 Å². The fourth-order valence-electron chi connectivity index (χ4n) is 2.39. The van der Waals surface area contributed by atoms with Crippen LogP contribution in [0.25, 0.3) is 0 Å². The minimum atomic E-state index is -0.509. The first-order valence-corrected chi connectivity index (χ1v) is 9.18. The van der Waals surface area contributed by atoms with Crippen molar-refractivity contribution in [3.63, 3.8) is 0 Å². The number of amides is 1. The second-order valence-electron chi connectivity index (χ2n) is 6.86. The van der Waals surface area contributed by atoms with Gasteiger partial charge in [0.1, 0.15) is 5.60 Å². The summed E-state index contributed by atoms with van der Waals surface area (Å²) in [5, 5.41) is 6.26. The Hall–Kier alpha value is -2.01. The van der Waals surface area contributed by atoms with Crippen molar-refractivity contribution in [2.45, 2.75) is 45.8 Å². The fraction of sp³-hybridized carbons (Fsp3) is 0.350. The van der Waals surface area contributed by atoms with Crippen LogP contribution in [-0.2, 0) is 4.74 Å². The molecular weight excluding hydrogens is 380 g/mol. The van der Waals surface area contributed by atoms with Crippen molar-refractivity contribution >= 4 is 33.4 Å². The number of carbonyl (C=O) groups is 1. The van der Waals surface area contributed by atoms with Crippen molar-refractivity contribution in [1.29, 1.82) is 0 Å². The SMILES string of the molecule is CCC(Nc1ccc(NC(=O)OC(C)(C)C)cc1)c1ccc(Br)cc1. The second-order valence-corrected chi connectivity index (χ2v) is 7.78. The van der Waals surface area contributed by atoms with Gasteiger partial charge in [-0.2, -0.15) is 0 Å². The monoisotopic (exact) mass is 404 g/mol. The lowest BCUT2D eigenvalue weighted by Crippen LogP contribution is -2.27. The Morgan fingerprint density at radius 2 is 1.60 bits per heavy atom. The molecule has 1 amide bonds. The number of benzene rings is 2. The number of ether oxygens (including phenoxy) is 1. The van der Waals surface area contributed by atoms with Crippen LogP contribution in [0.5, 0.6) is 0 Å². The largest absolute Gasteiger partial charge is 0.444 e. The number of halogens is 1. The van der Waals surface area contributed by atoms with E-state index in [0.29, 0.717) is 5.69 Å². The van der Waals surface area contributed by atoms with E-state index >= 15 is 0 Å². The average Bonchev–Trinajstić information content (AvgIpc) is 2.53. The van der Waals surface area contributed by atoms with Crippen LogP contribution in [-0.4, -0.2) is 11.7 Å². The van der Waals surface area contributed by atoms with Crippen molar-refractivity contribution in [3.05, 3.63) is 58.6 Å². The first kappa shape index (κ1) is 19.3. The summed E-state index contributed by atoms with van der Waals surface area (Å²) in [6, 6.07) is 16.2. The van der Waals surface area contributed by atoms with E-state index in [4.69, 9.17) is 4.74 Å². The summed E-state index contributed by atoms with van der Waals surface area (Å²) >= 11 is 3.46. The molecule has 1 atom stereocenters. The van der Waals surface area contributed by atoms with Crippen molar-refractivity contribution in [3.8, 4) is 0 Å². The molecule has 0 aliphatic heterocycles. The number of carbonyl (C=O) groups excluding carboxylic acids is 1. The topological polar surface area (TPSA) is 50.4 Å². The molecule has 4 nitrogen and oxygen atoms in total. The number of nitrogens with one attached hydrogen (secondary N) is 2. The van der Waals surface area contributed by atoms with Gasteiger partial charge in [-0.15, -0.1) is 0 Å². The van der Waals surface area contributed by atoms with Gasteiger partial charge in [-0.1, -0.05) is 35.0 Å². The Morgan fingerprint density at radius 1 is 1.04 bits per heavy atom. The van der Waals surface area contributed by atoms with Crippen molar-refractivity contribution < 1.29 is 9.53 Å². The van der Waals surface area contributed by atoms with Crippen molar-refractivity contribution in [2.24, 2.45) is 0 Å². The molecule has 1 unspecified atom stereocenters. The van der Waals surface area contributed by atoms with E-state index in [-0.39, 0.29) is 6.04 Å². The zero-order valence-corrected chi connectivity index (χ0v) is 16.7. The highest BCUT2D eigenvalue weighted by atomic mass is 79.9. The average molecular weight is 405 g/mol. The van der Waals surface area contributed by atoms with Crippen LogP contribution in [0.3, 0.4) is 0 Å². The maximum Gasteiger partial charge on any atom is 0.412 e. The lowest BCUT2D eigenvalue weighted by Gasteiger charge is -2.20. The number of hydrogen-bond acceptors (Lipinski definition) is 3. The third kappa shape index (κ3) is 6.42. The van der Waals surface area contributed by atoms with Crippen LogP contribution in [0.1, 0.15) is 45.7 Å². The lowest BCUT2D eigenvalue weighted by molar-refractivity contribution is 0.0636. The molecule has 5 heteroatoms. The maximum atomic E-state index is 11.8. The summed E-state index contributed by atoms with van der Waals surface area (Å²) in [4.78, 5) is 11.8. The third-order valence-electron chi connectivity index (χ3n) is 3.55. The Morgan fingerprint density at radius 3 is 2.12 bits per heavy atom. The molecule has 0 spiro atoms. The highest BCUT2D eigenvalue weighted by Gasteiger charge is 2.16. The van der Waals surface area contributed by atoms with Gasteiger partial charge in [0.2, 0.25) is 0 Å². The van der Waals surface area contributed by atoms with E-state index in [9.17, 15) is 4.79 Å². The fourth-order valence-corrected chi connectivity index (χ4v) is 2.65. The molecule has 0 aliphatic carbocycles. The van der Waals surface area contributed by atoms with Gasteiger partial charge in [0.25, 0.3) is 0 Å². The highest BCUT2D eigenvalue weighted by Crippen LogP contribution is 2.25. The molecule has 2 N–H and O–H groups in total. The highest BCUT2D eigenvalue weighted by molar-refractivity contribution is 9.10. The van der Waals surface area contributed by atoms with Gasteiger partial charge < -0.3 is 10.1 Å². The molecular formula is C20H25BrN2O2. The Bertz CT molecular complexity index is 691. The molecule has 0 heterocycles. The van der Waals surface area contributed by atoms with E-state index in [1.54, 1.807) is 0 Å². The molecule has 0 saturated heterocycles. The Balaban J connectivity index is 1.99. The summed E-state index contributed by atoms with van der Waals surface area (Å²) in [7, 11) is 0. The van der Waals surface area contributed by atoms with Gasteiger partial charge >= 0.3 is 6.09 Å². The van der Waals surface area contributed by atoms with Crippen LogP contribution in [0.2, 0.25) is 0 Å². The minimum Gasteiger partial charge on any atom is -0.444 e. The minimum absolute atomic E-state index is 0.234. The van der Waals surface area contributed by atoms with E-state index in [2.05, 4.69) is 45.6 Å². The van der Waals surface area contributed by atoms with E-state index < -0.39 is 11.7 Å². The molecule has 0 radical (unpaired) electrons. The first-order valence-electron chi connectivity index (χ1n) is 8.39. The molecule has 0 saturated carbocycles. The van der Waals surface area contributed by atoms with E-state index in [1.807, 2.05) is 57.2 Å². The smallest absolute Gasteiger partial charge is 0.412 e. The van der Waals surface area contributed by atoms with Crippen LogP contribution < -0.4 is 10.6 Å².